The van der Waals surface area contributed by atoms with Gasteiger partial charge in [0.15, 0.2) is 11.5 Å². The van der Waals surface area contributed by atoms with Crippen LogP contribution in [0.2, 0.25) is 0 Å². The van der Waals surface area contributed by atoms with E-state index in [0.29, 0.717) is 29.4 Å². The van der Waals surface area contributed by atoms with Crippen molar-refractivity contribution in [3.8, 4) is 17.2 Å². The van der Waals surface area contributed by atoms with Crippen LogP contribution in [0.5, 0.6) is 17.2 Å². The Bertz CT molecular complexity index is 1070. The molecular weight excluding hydrogens is 436 g/mol. The molecule has 1 amide bonds. The molecule has 146 valence electrons. The van der Waals surface area contributed by atoms with Crippen molar-refractivity contribution in [2.24, 2.45) is 5.10 Å². The number of carbonyl (C=O) groups excluding carboxylic acids is 1. The van der Waals surface area contributed by atoms with Gasteiger partial charge in [0, 0.05) is 4.47 Å². The molecule has 1 aliphatic rings. The molecule has 3 aromatic carbocycles. The highest BCUT2D eigenvalue weighted by atomic mass is 79.9. The molecule has 0 saturated heterocycles. The number of benzene rings is 3. The fraction of sp³-hybridized carbons (Fsp3) is 0.0909. The van der Waals surface area contributed by atoms with Crippen LogP contribution in [-0.4, -0.2) is 18.9 Å². The van der Waals surface area contributed by atoms with Crippen LogP contribution in [0.25, 0.3) is 0 Å². The van der Waals surface area contributed by atoms with Gasteiger partial charge in [0.05, 0.1) is 11.8 Å². The van der Waals surface area contributed by atoms with Crippen LogP contribution in [0.15, 0.2) is 76.3 Å². The summed E-state index contributed by atoms with van der Waals surface area (Å²) in [5, 5.41) is 4.03. The molecule has 0 saturated carbocycles. The maximum absolute atomic E-state index is 12.6. The van der Waals surface area contributed by atoms with Gasteiger partial charge in [-0.3, -0.25) is 4.79 Å². The number of halogens is 1. The van der Waals surface area contributed by atoms with Crippen LogP contribution in [0.4, 0.5) is 0 Å². The first kappa shape index (κ1) is 19.0. The summed E-state index contributed by atoms with van der Waals surface area (Å²) in [5.41, 5.74) is 4.72. The second kappa shape index (κ2) is 8.79. The molecule has 0 fully saturated rings. The first-order chi connectivity index (χ1) is 14.2. The number of para-hydroxylation sites is 1. The van der Waals surface area contributed by atoms with Crippen molar-refractivity contribution in [3.63, 3.8) is 0 Å². The molecule has 3 aromatic rings. The molecule has 7 heteroatoms. The van der Waals surface area contributed by atoms with Gasteiger partial charge >= 0.3 is 0 Å². The number of ether oxygens (including phenoxy) is 3. The summed E-state index contributed by atoms with van der Waals surface area (Å²) in [7, 11) is 0. The van der Waals surface area contributed by atoms with Crippen LogP contribution in [0.3, 0.4) is 0 Å². The van der Waals surface area contributed by atoms with E-state index < -0.39 is 0 Å². The van der Waals surface area contributed by atoms with Gasteiger partial charge in [0.25, 0.3) is 5.91 Å². The van der Waals surface area contributed by atoms with Crippen molar-refractivity contribution in [3.05, 3.63) is 87.9 Å². The third kappa shape index (κ3) is 4.75. The second-order valence-corrected chi connectivity index (χ2v) is 7.14. The monoisotopic (exact) mass is 452 g/mol. The maximum Gasteiger partial charge on any atom is 0.275 e. The zero-order valence-corrected chi connectivity index (χ0v) is 16.9. The number of nitrogens with one attached hydrogen (secondary N) is 1. The number of hydrazone groups is 1. The second-order valence-electron chi connectivity index (χ2n) is 6.23. The smallest absolute Gasteiger partial charge is 0.275 e. The predicted octanol–water partition coefficient (Wildman–Crippen LogP) is 4.52. The summed E-state index contributed by atoms with van der Waals surface area (Å²) in [5.74, 6) is 1.49. The van der Waals surface area contributed by atoms with Crippen molar-refractivity contribution in [2.75, 3.05) is 6.79 Å². The van der Waals surface area contributed by atoms with E-state index >= 15 is 0 Å². The van der Waals surface area contributed by atoms with Crippen molar-refractivity contribution in [1.29, 1.82) is 0 Å². The summed E-state index contributed by atoms with van der Waals surface area (Å²) in [4.78, 5) is 12.6. The van der Waals surface area contributed by atoms with E-state index in [2.05, 4.69) is 26.5 Å². The van der Waals surface area contributed by atoms with Gasteiger partial charge in [-0.15, -0.1) is 0 Å². The normalized spacial score (nSPS) is 12.2. The molecule has 1 aliphatic heterocycles. The Hall–Kier alpha value is -3.32. The number of rotatable bonds is 6. The Kier molecular flexibility index (Phi) is 5.76. The average molecular weight is 453 g/mol. The predicted molar refractivity (Wildman–Crippen MR) is 113 cm³/mol. The van der Waals surface area contributed by atoms with Crippen LogP contribution in [0, 0.1) is 0 Å². The highest BCUT2D eigenvalue weighted by Gasteiger charge is 2.13. The first-order valence-electron chi connectivity index (χ1n) is 8.88. The fourth-order valence-electron chi connectivity index (χ4n) is 2.79. The van der Waals surface area contributed by atoms with Gasteiger partial charge in [0.2, 0.25) is 6.79 Å². The fourth-order valence-corrected chi connectivity index (χ4v) is 3.23. The Labute approximate surface area is 176 Å². The highest BCUT2D eigenvalue weighted by Crippen LogP contribution is 2.32. The topological polar surface area (TPSA) is 69.2 Å². The third-order valence-electron chi connectivity index (χ3n) is 4.19. The van der Waals surface area contributed by atoms with E-state index in [0.717, 1.165) is 15.6 Å². The molecule has 0 bridgehead atoms. The van der Waals surface area contributed by atoms with Crippen molar-refractivity contribution in [2.45, 2.75) is 6.61 Å². The molecular formula is C22H17BrN2O4. The van der Waals surface area contributed by atoms with Crippen LogP contribution >= 0.6 is 15.9 Å². The zero-order chi connectivity index (χ0) is 20.1. The quantitative estimate of drug-likeness (QED) is 0.440. The zero-order valence-electron chi connectivity index (χ0n) is 15.3. The molecule has 4 rings (SSSR count). The SMILES string of the molecule is O=C(NN=Cc1ccc2c(c1)OCO2)c1ccccc1OCc1cccc(Br)c1. The number of hydrogen-bond donors (Lipinski definition) is 1. The van der Waals surface area contributed by atoms with Crippen LogP contribution < -0.4 is 19.6 Å². The van der Waals surface area contributed by atoms with E-state index in [1.54, 1.807) is 36.5 Å². The summed E-state index contributed by atoms with van der Waals surface area (Å²) in [6.45, 7) is 0.563. The Morgan fingerprint density at radius 2 is 1.93 bits per heavy atom. The van der Waals surface area contributed by atoms with Gasteiger partial charge in [-0.05, 0) is 53.6 Å². The minimum absolute atomic E-state index is 0.212. The lowest BCUT2D eigenvalue weighted by atomic mass is 10.2. The molecule has 0 spiro atoms. The van der Waals surface area contributed by atoms with Crippen molar-refractivity contribution >= 4 is 28.1 Å². The first-order valence-corrected chi connectivity index (χ1v) is 9.68. The van der Waals surface area contributed by atoms with E-state index in [1.807, 2.05) is 36.4 Å². The third-order valence-corrected chi connectivity index (χ3v) is 4.68. The van der Waals surface area contributed by atoms with Gasteiger partial charge in [-0.1, -0.05) is 40.2 Å². The molecule has 0 aliphatic carbocycles. The Morgan fingerprint density at radius 3 is 2.83 bits per heavy atom. The molecule has 1 heterocycles. The van der Waals surface area contributed by atoms with Gasteiger partial charge in [0.1, 0.15) is 12.4 Å². The average Bonchev–Trinajstić information content (AvgIpc) is 3.20. The highest BCUT2D eigenvalue weighted by molar-refractivity contribution is 9.10. The molecule has 0 radical (unpaired) electrons. The number of amides is 1. The molecule has 6 nitrogen and oxygen atoms in total. The Morgan fingerprint density at radius 1 is 1.07 bits per heavy atom. The van der Waals surface area contributed by atoms with Gasteiger partial charge in [-0.25, -0.2) is 5.43 Å². The largest absolute Gasteiger partial charge is 0.488 e. The number of nitrogens with zero attached hydrogens (tertiary/aromatic N) is 1. The molecule has 0 aromatic heterocycles. The summed E-state index contributed by atoms with van der Waals surface area (Å²) in [6, 6.07) is 20.3. The number of fused-ring (bicyclic) bond motifs is 1. The minimum atomic E-state index is -0.355. The summed E-state index contributed by atoms with van der Waals surface area (Å²) < 4.78 is 17.4. The Balaban J connectivity index is 1.41. The van der Waals surface area contributed by atoms with E-state index in [4.69, 9.17) is 14.2 Å². The summed E-state index contributed by atoms with van der Waals surface area (Å²) >= 11 is 3.44. The van der Waals surface area contributed by atoms with Crippen molar-refractivity contribution < 1.29 is 19.0 Å². The lowest BCUT2D eigenvalue weighted by Crippen LogP contribution is -2.18. The van der Waals surface area contributed by atoms with Crippen molar-refractivity contribution in [1.82, 2.24) is 5.43 Å². The van der Waals surface area contributed by atoms with Gasteiger partial charge < -0.3 is 14.2 Å². The molecule has 0 unspecified atom stereocenters. The lowest BCUT2D eigenvalue weighted by molar-refractivity contribution is 0.0950. The van der Waals surface area contributed by atoms with E-state index in [9.17, 15) is 4.79 Å². The van der Waals surface area contributed by atoms with E-state index in [1.165, 1.54) is 0 Å². The van der Waals surface area contributed by atoms with Crippen LogP contribution in [0.1, 0.15) is 21.5 Å². The van der Waals surface area contributed by atoms with E-state index in [-0.39, 0.29) is 12.7 Å². The molecule has 0 atom stereocenters. The number of carbonyl (C=O) groups is 1. The molecule has 29 heavy (non-hydrogen) atoms. The standard InChI is InChI=1S/C22H17BrN2O4/c23-17-5-3-4-16(10-17)13-27-19-7-2-1-6-18(19)22(26)25-24-12-15-8-9-20-21(11-15)29-14-28-20/h1-12H,13-14H2,(H,25,26). The lowest BCUT2D eigenvalue weighted by Gasteiger charge is -2.10. The molecule has 1 N–H and O–H groups in total. The number of hydrogen-bond acceptors (Lipinski definition) is 5. The van der Waals surface area contributed by atoms with Gasteiger partial charge in [-0.2, -0.15) is 5.10 Å². The minimum Gasteiger partial charge on any atom is -0.488 e. The van der Waals surface area contributed by atoms with Crippen LogP contribution in [-0.2, 0) is 6.61 Å². The maximum atomic E-state index is 12.6. The summed E-state index contributed by atoms with van der Waals surface area (Å²) in [6.07, 6.45) is 1.55.